The Bertz CT molecular complexity index is 692. The van der Waals surface area contributed by atoms with E-state index in [9.17, 15) is 4.57 Å². The molecule has 1 heterocycles. The molecule has 2 aromatic carbocycles. The van der Waals surface area contributed by atoms with Gasteiger partial charge in [-0.2, -0.15) is 0 Å². The Labute approximate surface area is 142 Å². The van der Waals surface area contributed by atoms with Crippen LogP contribution >= 0.6 is 7.60 Å². The zero-order valence-corrected chi connectivity index (χ0v) is 14.5. The first-order valence-corrected chi connectivity index (χ1v) is 9.94. The first-order valence-electron chi connectivity index (χ1n) is 8.14. The van der Waals surface area contributed by atoms with Crippen molar-refractivity contribution in [1.29, 1.82) is 0 Å². The number of nitrogens with zero attached hydrogens (tertiary/aromatic N) is 2. The van der Waals surface area contributed by atoms with Crippen LogP contribution in [0, 0.1) is 0 Å². The maximum atomic E-state index is 11.0. The summed E-state index contributed by atoms with van der Waals surface area (Å²) < 4.78 is 11.0. The lowest BCUT2D eigenvalue weighted by Crippen LogP contribution is -2.45. The Balaban J connectivity index is 1.52. The minimum atomic E-state index is -3.99. The number of benzene rings is 2. The average molecular weight is 346 g/mol. The molecule has 5 nitrogen and oxygen atoms in total. The van der Waals surface area contributed by atoms with Gasteiger partial charge in [-0.1, -0.05) is 42.5 Å². The molecule has 0 unspecified atom stereocenters. The molecule has 0 atom stereocenters. The lowest BCUT2D eigenvalue weighted by atomic mass is 10.1. The smallest absolute Gasteiger partial charge is 0.329 e. The zero-order chi connectivity index (χ0) is 17.0. The van der Waals surface area contributed by atoms with Crippen LogP contribution in [0.15, 0.2) is 54.6 Å². The summed E-state index contributed by atoms with van der Waals surface area (Å²) >= 11 is 0. The second kappa shape index (κ2) is 7.49. The van der Waals surface area contributed by atoms with E-state index in [1.54, 1.807) is 0 Å². The summed E-state index contributed by atoms with van der Waals surface area (Å²) in [5.74, 6) is 0. The highest BCUT2D eigenvalue weighted by molar-refractivity contribution is 7.50. The third kappa shape index (κ3) is 4.92. The Hall–Kier alpha value is -1.65. The summed E-state index contributed by atoms with van der Waals surface area (Å²) in [5.41, 5.74) is 3.14. The predicted octanol–water partition coefficient (Wildman–Crippen LogP) is 2.69. The van der Waals surface area contributed by atoms with Gasteiger partial charge in [0, 0.05) is 38.4 Å². The fourth-order valence-electron chi connectivity index (χ4n) is 3.05. The fourth-order valence-corrected chi connectivity index (χ4v) is 3.74. The van der Waals surface area contributed by atoms with E-state index in [-0.39, 0.29) is 6.16 Å². The standard InChI is InChI=1S/C18H23N2O3P/c21-24(22,23)15-17-8-6-16(7-9-17)14-19-10-12-20(13-11-19)18-4-2-1-3-5-18/h1-9H,10-15H2,(H2,21,22,23). The number of piperazine rings is 1. The van der Waals surface area contributed by atoms with Gasteiger partial charge in [0.15, 0.2) is 0 Å². The van der Waals surface area contributed by atoms with E-state index in [1.807, 2.05) is 30.3 Å². The average Bonchev–Trinajstić information content (AvgIpc) is 2.57. The Morgan fingerprint density at radius 3 is 2.00 bits per heavy atom. The van der Waals surface area contributed by atoms with E-state index in [0.717, 1.165) is 32.7 Å². The van der Waals surface area contributed by atoms with Crippen molar-refractivity contribution in [1.82, 2.24) is 4.90 Å². The van der Waals surface area contributed by atoms with Gasteiger partial charge in [0.05, 0.1) is 6.16 Å². The van der Waals surface area contributed by atoms with Crippen LogP contribution in [0.5, 0.6) is 0 Å². The van der Waals surface area contributed by atoms with Crippen molar-refractivity contribution < 1.29 is 14.4 Å². The van der Waals surface area contributed by atoms with Crippen molar-refractivity contribution >= 4 is 13.3 Å². The van der Waals surface area contributed by atoms with Crippen LogP contribution in [0.25, 0.3) is 0 Å². The quantitative estimate of drug-likeness (QED) is 0.815. The fraction of sp³-hybridized carbons (Fsp3) is 0.333. The number of para-hydroxylation sites is 1. The molecular weight excluding hydrogens is 323 g/mol. The second-order valence-corrected chi connectivity index (χ2v) is 7.88. The summed E-state index contributed by atoms with van der Waals surface area (Å²) in [6.07, 6.45) is -0.191. The summed E-state index contributed by atoms with van der Waals surface area (Å²) in [7, 11) is -3.99. The highest BCUT2D eigenvalue weighted by atomic mass is 31.2. The van der Waals surface area contributed by atoms with Crippen molar-refractivity contribution in [3.63, 3.8) is 0 Å². The van der Waals surface area contributed by atoms with E-state index in [2.05, 4.69) is 34.1 Å². The van der Waals surface area contributed by atoms with E-state index in [1.165, 1.54) is 11.3 Å². The Morgan fingerprint density at radius 2 is 1.42 bits per heavy atom. The molecule has 0 aromatic heterocycles. The number of rotatable bonds is 5. The molecule has 0 bridgehead atoms. The van der Waals surface area contributed by atoms with Crippen molar-refractivity contribution in [2.45, 2.75) is 12.7 Å². The lowest BCUT2D eigenvalue weighted by Gasteiger charge is -2.36. The first-order chi connectivity index (χ1) is 11.5. The Kier molecular flexibility index (Phi) is 5.36. The third-order valence-electron chi connectivity index (χ3n) is 4.31. The SMILES string of the molecule is O=P(O)(O)Cc1ccc(CN2CCN(c3ccccc3)CC2)cc1. The van der Waals surface area contributed by atoms with Crippen LogP contribution in [0.3, 0.4) is 0 Å². The minimum Gasteiger partial charge on any atom is -0.369 e. The summed E-state index contributed by atoms with van der Waals surface area (Å²) in [6, 6.07) is 18.0. The first kappa shape index (κ1) is 17.2. The molecule has 0 saturated carbocycles. The van der Waals surface area contributed by atoms with Gasteiger partial charge in [-0.15, -0.1) is 0 Å². The number of hydrogen-bond acceptors (Lipinski definition) is 3. The van der Waals surface area contributed by atoms with Crippen LogP contribution in [0.4, 0.5) is 5.69 Å². The maximum absolute atomic E-state index is 11.0. The molecular formula is C18H23N2O3P. The van der Waals surface area contributed by atoms with Crippen molar-refractivity contribution in [2.75, 3.05) is 31.1 Å². The van der Waals surface area contributed by atoms with Gasteiger partial charge in [-0.05, 0) is 23.3 Å². The van der Waals surface area contributed by atoms with Gasteiger partial charge in [0.1, 0.15) is 0 Å². The highest BCUT2D eigenvalue weighted by Crippen LogP contribution is 2.38. The van der Waals surface area contributed by atoms with Crippen LogP contribution in [-0.4, -0.2) is 40.9 Å². The molecule has 2 N–H and O–H groups in total. The molecule has 2 aromatic rings. The topological polar surface area (TPSA) is 64.0 Å². The van der Waals surface area contributed by atoms with E-state index >= 15 is 0 Å². The van der Waals surface area contributed by atoms with Gasteiger partial charge in [0.2, 0.25) is 0 Å². The second-order valence-electron chi connectivity index (χ2n) is 6.24. The maximum Gasteiger partial charge on any atom is 0.329 e. The van der Waals surface area contributed by atoms with Crippen LogP contribution < -0.4 is 4.90 Å². The van der Waals surface area contributed by atoms with Gasteiger partial charge in [-0.25, -0.2) is 0 Å². The highest BCUT2D eigenvalue weighted by Gasteiger charge is 2.17. The van der Waals surface area contributed by atoms with E-state index in [4.69, 9.17) is 9.79 Å². The summed E-state index contributed by atoms with van der Waals surface area (Å²) in [4.78, 5) is 22.9. The zero-order valence-electron chi connectivity index (χ0n) is 13.6. The molecule has 1 saturated heterocycles. The monoisotopic (exact) mass is 346 g/mol. The van der Waals surface area contributed by atoms with Crippen molar-refractivity contribution in [3.05, 3.63) is 65.7 Å². The van der Waals surface area contributed by atoms with E-state index < -0.39 is 7.60 Å². The van der Waals surface area contributed by atoms with Gasteiger partial charge >= 0.3 is 7.60 Å². The molecule has 3 rings (SSSR count). The Morgan fingerprint density at radius 1 is 0.833 bits per heavy atom. The van der Waals surface area contributed by atoms with Gasteiger partial charge < -0.3 is 14.7 Å². The summed E-state index contributed by atoms with van der Waals surface area (Å²) in [5, 5.41) is 0. The van der Waals surface area contributed by atoms with Crippen molar-refractivity contribution in [3.8, 4) is 0 Å². The molecule has 0 spiro atoms. The molecule has 1 fully saturated rings. The molecule has 0 aliphatic carbocycles. The van der Waals surface area contributed by atoms with Crippen LogP contribution in [0.2, 0.25) is 0 Å². The van der Waals surface area contributed by atoms with Crippen molar-refractivity contribution in [2.24, 2.45) is 0 Å². The van der Waals surface area contributed by atoms with Gasteiger partial charge in [0.25, 0.3) is 0 Å². The van der Waals surface area contributed by atoms with Gasteiger partial charge in [-0.3, -0.25) is 9.46 Å². The molecule has 24 heavy (non-hydrogen) atoms. The normalized spacial score (nSPS) is 16.3. The predicted molar refractivity (Wildman–Crippen MR) is 96.1 cm³/mol. The number of anilines is 1. The molecule has 1 aliphatic rings. The largest absolute Gasteiger partial charge is 0.369 e. The van der Waals surface area contributed by atoms with E-state index in [0.29, 0.717) is 5.56 Å². The van der Waals surface area contributed by atoms with Crippen LogP contribution in [0.1, 0.15) is 11.1 Å². The lowest BCUT2D eigenvalue weighted by molar-refractivity contribution is 0.250. The molecule has 6 heteroatoms. The third-order valence-corrected chi connectivity index (χ3v) is 5.09. The molecule has 128 valence electrons. The summed E-state index contributed by atoms with van der Waals surface area (Å²) in [6.45, 7) is 4.93. The number of hydrogen-bond donors (Lipinski definition) is 2. The minimum absolute atomic E-state index is 0.191. The molecule has 0 amide bonds. The molecule has 0 radical (unpaired) electrons. The van der Waals surface area contributed by atoms with Crippen LogP contribution in [-0.2, 0) is 17.3 Å². The molecule has 1 aliphatic heterocycles.